The molecule has 1 atom stereocenters. The maximum Gasteiger partial charge on any atom is 0.321 e. The van der Waals surface area contributed by atoms with Crippen molar-refractivity contribution in [1.82, 2.24) is 9.80 Å². The van der Waals surface area contributed by atoms with Gasteiger partial charge in [-0.05, 0) is 56.8 Å². The average molecular weight is 323 g/mol. The van der Waals surface area contributed by atoms with Crippen LogP contribution in [0.4, 0.5) is 14.9 Å². The van der Waals surface area contributed by atoms with E-state index in [4.69, 9.17) is 0 Å². The van der Waals surface area contributed by atoms with Gasteiger partial charge < -0.3 is 10.2 Å². The molecule has 0 saturated carbocycles. The Kier molecular flexibility index (Phi) is 4.88. The summed E-state index contributed by atoms with van der Waals surface area (Å²) < 4.78 is 13.8. The number of amides is 2. The first-order chi connectivity index (χ1) is 10.7. The molecule has 0 spiro atoms. The molecule has 2 aliphatic heterocycles. The summed E-state index contributed by atoms with van der Waals surface area (Å²) in [6.07, 6.45) is 5.40. The van der Waals surface area contributed by atoms with Crippen LogP contribution in [0, 0.1) is 5.82 Å². The van der Waals surface area contributed by atoms with E-state index in [1.54, 1.807) is 12.1 Å². The SMILES string of the molecule is CSc1ccc(NC(=O)N2CC[C@@H](N3CCCC3)C2)cc1F. The molecule has 120 valence electrons. The summed E-state index contributed by atoms with van der Waals surface area (Å²) in [5.74, 6) is -0.290. The average Bonchev–Trinajstić information content (AvgIpc) is 3.18. The Balaban J connectivity index is 1.57. The van der Waals surface area contributed by atoms with Crippen molar-refractivity contribution < 1.29 is 9.18 Å². The van der Waals surface area contributed by atoms with E-state index in [-0.39, 0.29) is 11.8 Å². The Bertz CT molecular complexity index is 548. The van der Waals surface area contributed by atoms with Gasteiger partial charge in [0.15, 0.2) is 0 Å². The molecule has 4 nitrogen and oxygen atoms in total. The van der Waals surface area contributed by atoms with Crippen LogP contribution in [0.3, 0.4) is 0 Å². The van der Waals surface area contributed by atoms with Crippen molar-refractivity contribution in [3.8, 4) is 0 Å². The molecule has 3 rings (SSSR count). The fraction of sp³-hybridized carbons (Fsp3) is 0.562. The first-order valence-electron chi connectivity index (χ1n) is 7.81. The molecule has 22 heavy (non-hydrogen) atoms. The molecule has 1 aromatic carbocycles. The predicted molar refractivity (Wildman–Crippen MR) is 88.0 cm³/mol. The Morgan fingerprint density at radius 1 is 1.32 bits per heavy atom. The number of carbonyl (C=O) groups excluding carboxylic acids is 1. The normalized spacial score (nSPS) is 22.3. The number of nitrogens with zero attached hydrogens (tertiary/aromatic N) is 2. The molecule has 2 saturated heterocycles. The Labute approximate surface area is 135 Å². The smallest absolute Gasteiger partial charge is 0.321 e. The van der Waals surface area contributed by atoms with E-state index in [9.17, 15) is 9.18 Å². The van der Waals surface area contributed by atoms with E-state index < -0.39 is 0 Å². The number of hydrogen-bond acceptors (Lipinski definition) is 3. The van der Waals surface area contributed by atoms with Gasteiger partial charge in [0.2, 0.25) is 0 Å². The van der Waals surface area contributed by atoms with Crippen LogP contribution in [0.15, 0.2) is 23.1 Å². The third kappa shape index (κ3) is 3.38. The van der Waals surface area contributed by atoms with Gasteiger partial charge in [-0.2, -0.15) is 0 Å². The standard InChI is InChI=1S/C16H22FN3OS/c1-22-15-5-4-12(10-14(15)17)18-16(21)20-9-6-13(11-20)19-7-2-3-8-19/h4-5,10,13H,2-3,6-9,11H2,1H3,(H,18,21)/t13-/m1/s1. The highest BCUT2D eigenvalue weighted by atomic mass is 32.2. The number of carbonyl (C=O) groups is 1. The van der Waals surface area contributed by atoms with Gasteiger partial charge in [-0.25, -0.2) is 9.18 Å². The minimum atomic E-state index is -0.290. The summed E-state index contributed by atoms with van der Waals surface area (Å²) in [6.45, 7) is 3.86. The summed E-state index contributed by atoms with van der Waals surface area (Å²) in [5, 5.41) is 2.81. The first-order valence-corrected chi connectivity index (χ1v) is 9.03. The molecule has 2 aliphatic rings. The van der Waals surface area contributed by atoms with Crippen molar-refractivity contribution in [2.24, 2.45) is 0 Å². The van der Waals surface area contributed by atoms with Gasteiger partial charge in [0.25, 0.3) is 0 Å². The van der Waals surface area contributed by atoms with Gasteiger partial charge >= 0.3 is 6.03 Å². The first kappa shape index (κ1) is 15.6. The molecule has 0 unspecified atom stereocenters. The van der Waals surface area contributed by atoms with Crippen LogP contribution in [-0.4, -0.2) is 54.3 Å². The van der Waals surface area contributed by atoms with Gasteiger partial charge in [-0.3, -0.25) is 4.90 Å². The largest absolute Gasteiger partial charge is 0.323 e. The third-order valence-electron chi connectivity index (χ3n) is 4.51. The van der Waals surface area contributed by atoms with E-state index in [1.165, 1.54) is 30.7 Å². The maximum absolute atomic E-state index is 13.8. The van der Waals surface area contributed by atoms with E-state index in [0.717, 1.165) is 32.6 Å². The van der Waals surface area contributed by atoms with E-state index >= 15 is 0 Å². The Morgan fingerprint density at radius 2 is 2.09 bits per heavy atom. The van der Waals surface area contributed by atoms with Crippen molar-refractivity contribution in [1.29, 1.82) is 0 Å². The van der Waals surface area contributed by atoms with Crippen molar-refractivity contribution in [3.63, 3.8) is 0 Å². The minimum Gasteiger partial charge on any atom is -0.323 e. The highest BCUT2D eigenvalue weighted by Crippen LogP contribution is 2.24. The van der Waals surface area contributed by atoms with Crippen LogP contribution in [-0.2, 0) is 0 Å². The van der Waals surface area contributed by atoms with Crippen molar-refractivity contribution in [2.75, 3.05) is 37.8 Å². The summed E-state index contributed by atoms with van der Waals surface area (Å²) in [6, 6.07) is 5.20. The molecule has 1 aromatic rings. The fourth-order valence-electron chi connectivity index (χ4n) is 3.28. The number of rotatable bonds is 3. The number of urea groups is 1. The summed E-state index contributed by atoms with van der Waals surface area (Å²) in [4.78, 5) is 17.2. The van der Waals surface area contributed by atoms with Crippen molar-refractivity contribution in [3.05, 3.63) is 24.0 Å². The number of nitrogens with one attached hydrogen (secondary N) is 1. The van der Waals surface area contributed by atoms with E-state index in [1.807, 2.05) is 11.2 Å². The van der Waals surface area contributed by atoms with Crippen LogP contribution >= 0.6 is 11.8 Å². The lowest BCUT2D eigenvalue weighted by atomic mass is 10.2. The van der Waals surface area contributed by atoms with Gasteiger partial charge in [-0.15, -0.1) is 11.8 Å². The number of halogens is 1. The predicted octanol–water partition coefficient (Wildman–Crippen LogP) is 3.25. The number of thioether (sulfide) groups is 1. The number of likely N-dealkylation sites (tertiary alicyclic amines) is 2. The van der Waals surface area contributed by atoms with Crippen molar-refractivity contribution >= 4 is 23.5 Å². The Hall–Kier alpha value is -1.27. The molecule has 2 heterocycles. The van der Waals surface area contributed by atoms with Crippen LogP contribution in [0.1, 0.15) is 19.3 Å². The summed E-state index contributed by atoms with van der Waals surface area (Å²) in [5.41, 5.74) is 0.518. The molecular formula is C16H22FN3OS. The van der Waals surface area contributed by atoms with Crippen LogP contribution in [0.2, 0.25) is 0 Å². The zero-order chi connectivity index (χ0) is 15.5. The fourth-order valence-corrected chi connectivity index (χ4v) is 3.74. The topological polar surface area (TPSA) is 35.6 Å². The molecule has 0 radical (unpaired) electrons. The quantitative estimate of drug-likeness (QED) is 0.867. The molecule has 6 heteroatoms. The lowest BCUT2D eigenvalue weighted by molar-refractivity contribution is 0.210. The van der Waals surface area contributed by atoms with Crippen molar-refractivity contribution in [2.45, 2.75) is 30.2 Å². The molecule has 0 bridgehead atoms. The molecule has 0 aliphatic carbocycles. The molecule has 2 fully saturated rings. The van der Waals surface area contributed by atoms with Gasteiger partial charge in [0, 0.05) is 29.7 Å². The third-order valence-corrected chi connectivity index (χ3v) is 5.28. The molecular weight excluding hydrogens is 301 g/mol. The zero-order valence-electron chi connectivity index (χ0n) is 12.8. The van der Waals surface area contributed by atoms with Crippen LogP contribution in [0.5, 0.6) is 0 Å². The second kappa shape index (κ2) is 6.87. The monoisotopic (exact) mass is 323 g/mol. The van der Waals surface area contributed by atoms with E-state index in [2.05, 4.69) is 10.2 Å². The summed E-state index contributed by atoms with van der Waals surface area (Å²) >= 11 is 1.36. The second-order valence-electron chi connectivity index (χ2n) is 5.91. The number of benzene rings is 1. The Morgan fingerprint density at radius 3 is 2.77 bits per heavy atom. The van der Waals surface area contributed by atoms with Gasteiger partial charge in [-0.1, -0.05) is 0 Å². The highest BCUT2D eigenvalue weighted by Gasteiger charge is 2.31. The molecule has 2 amide bonds. The maximum atomic E-state index is 13.8. The van der Waals surface area contributed by atoms with Crippen LogP contribution in [0.25, 0.3) is 0 Å². The van der Waals surface area contributed by atoms with E-state index in [0.29, 0.717) is 16.6 Å². The lowest BCUT2D eigenvalue weighted by Crippen LogP contribution is -2.38. The highest BCUT2D eigenvalue weighted by molar-refractivity contribution is 7.98. The second-order valence-corrected chi connectivity index (χ2v) is 6.76. The number of anilines is 1. The van der Waals surface area contributed by atoms with Gasteiger partial charge in [0.1, 0.15) is 5.82 Å². The number of hydrogen-bond donors (Lipinski definition) is 1. The van der Waals surface area contributed by atoms with Crippen LogP contribution < -0.4 is 5.32 Å². The zero-order valence-corrected chi connectivity index (χ0v) is 13.7. The molecule has 0 aromatic heterocycles. The molecule has 1 N–H and O–H groups in total. The minimum absolute atomic E-state index is 0.127. The lowest BCUT2D eigenvalue weighted by Gasteiger charge is -2.23. The van der Waals surface area contributed by atoms with Gasteiger partial charge in [0.05, 0.1) is 0 Å². The summed E-state index contributed by atoms with van der Waals surface area (Å²) in [7, 11) is 0.